The fourth-order valence-corrected chi connectivity index (χ4v) is 6.87. The number of nitrogens with one attached hydrogen (secondary N) is 5. The van der Waals surface area contributed by atoms with E-state index in [1.54, 1.807) is 19.9 Å². The Balaban J connectivity index is 1.51. The highest BCUT2D eigenvalue weighted by atomic mass is 19.4. The van der Waals surface area contributed by atoms with Crippen LogP contribution < -0.4 is 21.3 Å². The van der Waals surface area contributed by atoms with Gasteiger partial charge >= 0.3 is 6.18 Å². The Hall–Kier alpha value is -5.40. The largest absolute Gasteiger partial charge is 0.508 e. The van der Waals surface area contributed by atoms with Crippen molar-refractivity contribution in [2.24, 2.45) is 11.8 Å². The van der Waals surface area contributed by atoms with Gasteiger partial charge in [0.1, 0.15) is 29.2 Å². The first-order valence-electron chi connectivity index (χ1n) is 18.0. The van der Waals surface area contributed by atoms with E-state index in [9.17, 15) is 41.8 Å². The molecule has 14 heteroatoms. The van der Waals surface area contributed by atoms with Gasteiger partial charge in [0.15, 0.2) is 0 Å². The number of benzene rings is 3. The number of hydrogen-bond acceptors (Lipinski definition) is 5. The van der Waals surface area contributed by atoms with Crippen molar-refractivity contribution < 1.29 is 41.8 Å². The van der Waals surface area contributed by atoms with Crippen LogP contribution >= 0.6 is 0 Å². The molecule has 0 aliphatic heterocycles. The number of amides is 4. The van der Waals surface area contributed by atoms with E-state index < -0.39 is 70.6 Å². The topological polar surface area (TPSA) is 152 Å². The third-order valence-electron chi connectivity index (χ3n) is 10.5. The predicted molar refractivity (Wildman–Crippen MR) is 196 cm³/mol. The van der Waals surface area contributed by atoms with Crippen LogP contribution in [0, 0.1) is 17.7 Å². The van der Waals surface area contributed by atoms with Crippen molar-refractivity contribution in [2.45, 2.75) is 90.0 Å². The Morgan fingerprint density at radius 3 is 2.15 bits per heavy atom. The lowest BCUT2D eigenvalue weighted by atomic mass is 9.78. The molecule has 54 heavy (non-hydrogen) atoms. The zero-order valence-electron chi connectivity index (χ0n) is 30.5. The van der Waals surface area contributed by atoms with Gasteiger partial charge in [-0.05, 0) is 72.2 Å². The van der Waals surface area contributed by atoms with Gasteiger partial charge in [0.05, 0.1) is 17.5 Å². The lowest BCUT2D eigenvalue weighted by Gasteiger charge is -2.39. The molecule has 4 aromatic rings. The first-order chi connectivity index (χ1) is 25.6. The van der Waals surface area contributed by atoms with Gasteiger partial charge in [0.25, 0.3) is 0 Å². The number of para-hydroxylation sites is 1. The maximum absolute atomic E-state index is 14.7. The number of alkyl halides is 3. The van der Waals surface area contributed by atoms with E-state index in [0.29, 0.717) is 29.8 Å². The van der Waals surface area contributed by atoms with Gasteiger partial charge < -0.3 is 31.4 Å². The number of H-pyrrole nitrogens is 1. The average molecular weight is 752 g/mol. The molecule has 0 fully saturated rings. The SMILES string of the molecule is CCC(C)[C@H](NC(=O)Cc1ccccc1F)C(=O)N[C@]1(C(=O)N[C@H](C(=O)Nc2ccc(O)cc2)C(C)CC)CCc2[nH]c3c(C(F)(F)F)cccc3c2C1. The summed E-state index contributed by atoms with van der Waals surface area (Å²) in [6.07, 6.45) is -4.27. The number of aromatic nitrogens is 1. The fraction of sp³-hybridized carbons (Fsp3) is 0.400. The van der Waals surface area contributed by atoms with Crippen LogP contribution in [0.5, 0.6) is 5.75 Å². The number of carbonyl (C=O) groups is 4. The number of aromatic amines is 1. The van der Waals surface area contributed by atoms with E-state index in [1.165, 1.54) is 54.6 Å². The van der Waals surface area contributed by atoms with Gasteiger partial charge in [-0.15, -0.1) is 0 Å². The summed E-state index contributed by atoms with van der Waals surface area (Å²) in [6, 6.07) is 13.1. The zero-order chi connectivity index (χ0) is 39.4. The molecule has 0 bridgehead atoms. The van der Waals surface area contributed by atoms with Crippen LogP contribution in [0.25, 0.3) is 10.9 Å². The summed E-state index contributed by atoms with van der Waals surface area (Å²) < 4.78 is 56.6. The van der Waals surface area contributed by atoms with Crippen molar-refractivity contribution in [1.29, 1.82) is 0 Å². The number of aromatic hydroxyl groups is 1. The lowest BCUT2D eigenvalue weighted by Crippen LogP contribution is -2.67. The fourth-order valence-electron chi connectivity index (χ4n) is 6.87. The Labute approximate surface area is 310 Å². The molecule has 1 heterocycles. The molecule has 0 saturated heterocycles. The molecule has 1 aliphatic carbocycles. The number of halogens is 4. The van der Waals surface area contributed by atoms with Crippen molar-refractivity contribution in [2.75, 3.05) is 5.32 Å². The molecule has 2 unspecified atom stereocenters. The summed E-state index contributed by atoms with van der Waals surface area (Å²) in [6.45, 7) is 7.17. The van der Waals surface area contributed by atoms with Gasteiger partial charge in [-0.2, -0.15) is 13.2 Å². The first-order valence-corrected chi connectivity index (χ1v) is 18.0. The number of phenolic OH excluding ortho intramolecular Hbond substituents is 1. The average Bonchev–Trinajstić information content (AvgIpc) is 3.51. The van der Waals surface area contributed by atoms with Crippen molar-refractivity contribution >= 4 is 40.2 Å². The molecule has 6 N–H and O–H groups in total. The molecule has 0 radical (unpaired) electrons. The van der Waals surface area contributed by atoms with E-state index in [2.05, 4.69) is 26.3 Å². The van der Waals surface area contributed by atoms with Gasteiger partial charge in [-0.3, -0.25) is 19.2 Å². The van der Waals surface area contributed by atoms with Crippen LogP contribution in [-0.4, -0.2) is 51.3 Å². The molecule has 288 valence electrons. The lowest BCUT2D eigenvalue weighted by molar-refractivity contribution is -0.138. The highest BCUT2D eigenvalue weighted by Crippen LogP contribution is 2.40. The molecule has 5 rings (SSSR count). The van der Waals surface area contributed by atoms with Gasteiger partial charge in [-0.25, -0.2) is 4.39 Å². The Morgan fingerprint density at radius 2 is 1.52 bits per heavy atom. The quantitative estimate of drug-likeness (QED) is 0.0698. The third kappa shape index (κ3) is 8.69. The van der Waals surface area contributed by atoms with Crippen molar-refractivity contribution in [3.63, 3.8) is 0 Å². The molecule has 0 saturated carbocycles. The second-order valence-electron chi connectivity index (χ2n) is 14.1. The number of phenols is 1. The summed E-state index contributed by atoms with van der Waals surface area (Å²) in [5.41, 5.74) is -1.37. The number of anilines is 1. The molecular weight excluding hydrogens is 706 g/mol. The van der Waals surface area contributed by atoms with Gasteiger partial charge in [-0.1, -0.05) is 70.9 Å². The van der Waals surface area contributed by atoms with Crippen LogP contribution in [0.2, 0.25) is 0 Å². The van der Waals surface area contributed by atoms with Crippen LogP contribution in [0.3, 0.4) is 0 Å². The summed E-state index contributed by atoms with van der Waals surface area (Å²) >= 11 is 0. The Bertz CT molecular complexity index is 2010. The molecule has 1 aliphatic rings. The van der Waals surface area contributed by atoms with E-state index in [0.717, 1.165) is 6.07 Å². The van der Waals surface area contributed by atoms with Crippen LogP contribution in [0.1, 0.15) is 69.3 Å². The highest BCUT2D eigenvalue weighted by Gasteiger charge is 2.47. The number of carbonyl (C=O) groups excluding carboxylic acids is 4. The smallest absolute Gasteiger partial charge is 0.418 e. The third-order valence-corrected chi connectivity index (χ3v) is 10.5. The zero-order valence-corrected chi connectivity index (χ0v) is 30.5. The molecular formula is C40H45F4N5O5. The minimum atomic E-state index is -4.66. The first kappa shape index (κ1) is 39.8. The number of hydrogen-bond donors (Lipinski definition) is 6. The van der Waals surface area contributed by atoms with Crippen LogP contribution in [0.15, 0.2) is 66.7 Å². The number of fused-ring (bicyclic) bond motifs is 3. The van der Waals surface area contributed by atoms with Crippen molar-refractivity contribution in [1.82, 2.24) is 20.9 Å². The monoisotopic (exact) mass is 751 g/mol. The Morgan fingerprint density at radius 1 is 0.870 bits per heavy atom. The van der Waals surface area contributed by atoms with E-state index in [4.69, 9.17) is 0 Å². The summed E-state index contributed by atoms with van der Waals surface area (Å²) in [7, 11) is 0. The highest BCUT2D eigenvalue weighted by molar-refractivity contribution is 6.01. The summed E-state index contributed by atoms with van der Waals surface area (Å²) in [5.74, 6) is -4.04. The number of rotatable bonds is 13. The van der Waals surface area contributed by atoms with Crippen LogP contribution in [0.4, 0.5) is 23.2 Å². The van der Waals surface area contributed by atoms with Crippen LogP contribution in [-0.2, 0) is 44.6 Å². The van der Waals surface area contributed by atoms with Gasteiger partial charge in [0, 0.05) is 23.2 Å². The standard InChI is InChI=1S/C40H45F4N5O5/c1-5-22(3)33(36(52)45-25-14-16-26(50)17-15-25)48-38(54)39(19-18-31-28(21-39)27-11-9-12-29(35(27)46-31)40(42,43)44)49-37(53)34(23(4)6-2)47-32(51)20-24-10-7-8-13-30(24)41/h7-17,22-23,33-34,46,50H,5-6,18-21H2,1-4H3,(H,45,52)(H,47,51)(H,48,54)(H,49,53)/t22?,23?,33-,34-,39+/m0/s1. The second-order valence-corrected chi connectivity index (χ2v) is 14.1. The predicted octanol–water partition coefficient (Wildman–Crippen LogP) is 6.32. The van der Waals surface area contributed by atoms with E-state index in [1.807, 2.05) is 13.8 Å². The molecule has 10 nitrogen and oxygen atoms in total. The number of aryl methyl sites for hydroxylation is 1. The molecule has 3 aromatic carbocycles. The molecule has 4 amide bonds. The Kier molecular flexibility index (Phi) is 12.0. The maximum Gasteiger partial charge on any atom is 0.418 e. The summed E-state index contributed by atoms with van der Waals surface area (Å²) in [5, 5.41) is 21.1. The normalized spacial score (nSPS) is 17.8. The molecule has 5 atom stereocenters. The molecule has 0 spiro atoms. The van der Waals surface area contributed by atoms with E-state index in [-0.39, 0.29) is 47.9 Å². The minimum absolute atomic E-state index is 0.00659. The van der Waals surface area contributed by atoms with Crippen molar-refractivity contribution in [3.05, 3.63) is 94.9 Å². The van der Waals surface area contributed by atoms with E-state index >= 15 is 0 Å². The van der Waals surface area contributed by atoms with Crippen molar-refractivity contribution in [3.8, 4) is 5.75 Å². The summed E-state index contributed by atoms with van der Waals surface area (Å²) in [4.78, 5) is 58.8. The molecule has 1 aromatic heterocycles. The van der Waals surface area contributed by atoms with Gasteiger partial charge in [0.2, 0.25) is 23.6 Å². The minimum Gasteiger partial charge on any atom is -0.508 e. The maximum atomic E-state index is 14.7. The second kappa shape index (κ2) is 16.3.